The van der Waals surface area contributed by atoms with Gasteiger partial charge in [-0.05, 0) is 48.9 Å². The molecule has 0 atom stereocenters. The van der Waals surface area contributed by atoms with Crippen LogP contribution in [0.5, 0.6) is 11.5 Å². The molecule has 1 heterocycles. The van der Waals surface area contributed by atoms with Gasteiger partial charge in [0.15, 0.2) is 0 Å². The fourth-order valence-electron chi connectivity index (χ4n) is 3.05. The number of carbonyl (C=O) groups is 2. The highest BCUT2D eigenvalue weighted by molar-refractivity contribution is 7.17. The zero-order valence-corrected chi connectivity index (χ0v) is 19.0. The Bertz CT molecular complexity index is 1090. The molecule has 1 aromatic heterocycles. The van der Waals surface area contributed by atoms with Crippen molar-refractivity contribution in [3.63, 3.8) is 0 Å². The molecule has 1 amide bonds. The van der Waals surface area contributed by atoms with Crippen molar-refractivity contribution in [3.05, 3.63) is 64.4 Å². The van der Waals surface area contributed by atoms with E-state index in [9.17, 15) is 14.0 Å². The number of nitrogens with zero attached hydrogens (tertiary/aromatic N) is 2. The van der Waals surface area contributed by atoms with Crippen molar-refractivity contribution in [1.82, 2.24) is 9.88 Å². The molecule has 2 aromatic carbocycles. The smallest absolute Gasteiger partial charge is 0.325 e. The van der Waals surface area contributed by atoms with Crippen LogP contribution in [0.2, 0.25) is 0 Å². The number of esters is 1. The van der Waals surface area contributed by atoms with Crippen LogP contribution in [-0.2, 0) is 16.1 Å². The molecule has 0 aliphatic rings. The summed E-state index contributed by atoms with van der Waals surface area (Å²) in [5.74, 6) is -0.124. The van der Waals surface area contributed by atoms with Crippen LogP contribution in [0.3, 0.4) is 0 Å². The molecule has 0 bridgehead atoms. The van der Waals surface area contributed by atoms with E-state index in [0.717, 1.165) is 5.56 Å². The number of halogens is 1. The fraction of sp³-hybridized carbons (Fsp3) is 0.261. The van der Waals surface area contributed by atoms with Gasteiger partial charge in [0, 0.05) is 18.2 Å². The molecule has 0 aliphatic heterocycles. The van der Waals surface area contributed by atoms with E-state index in [-0.39, 0.29) is 24.8 Å². The average Bonchev–Trinajstić information content (AvgIpc) is 3.19. The number of rotatable bonds is 8. The molecule has 0 N–H and O–H groups in total. The SMILES string of the molecule is COC(=O)CN(Cc1cc(OC)cc(OC)c1)C(=O)c1sc(-c2ccc(F)cc2)nc1C. The predicted molar refractivity (Wildman–Crippen MR) is 119 cm³/mol. The summed E-state index contributed by atoms with van der Waals surface area (Å²) in [7, 11) is 4.34. The number of benzene rings is 2. The van der Waals surface area contributed by atoms with Gasteiger partial charge in [0.1, 0.15) is 33.7 Å². The molecule has 0 fully saturated rings. The molecular formula is C23H23FN2O5S. The minimum absolute atomic E-state index is 0.130. The number of hydrogen-bond acceptors (Lipinski definition) is 7. The minimum atomic E-state index is -0.547. The molecule has 32 heavy (non-hydrogen) atoms. The average molecular weight is 459 g/mol. The second-order valence-corrected chi connectivity index (χ2v) is 7.90. The first-order valence-corrected chi connectivity index (χ1v) is 10.5. The number of aromatic nitrogens is 1. The third-order valence-corrected chi connectivity index (χ3v) is 5.90. The van der Waals surface area contributed by atoms with Gasteiger partial charge in [-0.15, -0.1) is 11.3 Å². The summed E-state index contributed by atoms with van der Waals surface area (Å²) in [5.41, 5.74) is 1.95. The Balaban J connectivity index is 1.93. The van der Waals surface area contributed by atoms with Gasteiger partial charge in [-0.2, -0.15) is 0 Å². The van der Waals surface area contributed by atoms with E-state index in [1.807, 2.05) is 0 Å². The Morgan fingerprint density at radius 3 is 2.22 bits per heavy atom. The zero-order chi connectivity index (χ0) is 23.3. The Morgan fingerprint density at radius 2 is 1.66 bits per heavy atom. The molecule has 0 aliphatic carbocycles. The first-order valence-electron chi connectivity index (χ1n) is 9.66. The molecule has 168 valence electrons. The van der Waals surface area contributed by atoms with E-state index >= 15 is 0 Å². The van der Waals surface area contributed by atoms with Crippen molar-refractivity contribution in [2.24, 2.45) is 0 Å². The largest absolute Gasteiger partial charge is 0.497 e. The molecule has 9 heteroatoms. The lowest BCUT2D eigenvalue weighted by Gasteiger charge is -2.22. The van der Waals surface area contributed by atoms with Gasteiger partial charge >= 0.3 is 5.97 Å². The monoisotopic (exact) mass is 458 g/mol. The third-order valence-electron chi connectivity index (χ3n) is 4.70. The maximum absolute atomic E-state index is 13.4. The van der Waals surface area contributed by atoms with Crippen LogP contribution in [0.25, 0.3) is 10.6 Å². The Morgan fingerprint density at radius 1 is 1.03 bits per heavy atom. The van der Waals surface area contributed by atoms with Crippen molar-refractivity contribution >= 4 is 23.2 Å². The topological polar surface area (TPSA) is 78.0 Å². The molecule has 0 saturated carbocycles. The molecule has 3 aromatic rings. The molecule has 0 spiro atoms. The molecule has 0 unspecified atom stereocenters. The number of ether oxygens (including phenoxy) is 3. The maximum atomic E-state index is 13.4. The standard InChI is InChI=1S/C23H23FN2O5S/c1-14-21(32-22(25-14)16-5-7-17(24)8-6-16)23(28)26(13-20(27)31-4)12-15-9-18(29-2)11-19(10-15)30-3/h5-11H,12-13H2,1-4H3. The van der Waals surface area contributed by atoms with Crippen LogP contribution in [0.15, 0.2) is 42.5 Å². The van der Waals surface area contributed by atoms with Gasteiger partial charge in [0.2, 0.25) is 0 Å². The van der Waals surface area contributed by atoms with Crippen LogP contribution in [0.1, 0.15) is 20.9 Å². The molecule has 7 nitrogen and oxygen atoms in total. The first kappa shape index (κ1) is 23.2. The number of thiazole rings is 1. The summed E-state index contributed by atoms with van der Waals surface area (Å²) < 4.78 is 28.6. The number of carbonyl (C=O) groups excluding carboxylic acids is 2. The van der Waals surface area contributed by atoms with Crippen LogP contribution in [-0.4, -0.2) is 49.6 Å². The Hall–Kier alpha value is -3.46. The number of methoxy groups -OCH3 is 3. The normalized spacial score (nSPS) is 10.5. The molecular weight excluding hydrogens is 435 g/mol. The van der Waals surface area contributed by atoms with Crippen molar-refractivity contribution < 1.29 is 28.2 Å². The van der Waals surface area contributed by atoms with Gasteiger partial charge < -0.3 is 19.1 Å². The third kappa shape index (κ3) is 5.42. The summed E-state index contributed by atoms with van der Waals surface area (Å²) in [4.78, 5) is 31.7. The van der Waals surface area contributed by atoms with Gasteiger partial charge in [-0.3, -0.25) is 9.59 Å². The fourth-order valence-corrected chi connectivity index (χ4v) is 4.09. The zero-order valence-electron chi connectivity index (χ0n) is 18.2. The second kappa shape index (κ2) is 10.2. The van der Waals surface area contributed by atoms with Gasteiger partial charge in [0.25, 0.3) is 5.91 Å². The van der Waals surface area contributed by atoms with Crippen LogP contribution in [0, 0.1) is 12.7 Å². The number of aryl methyl sites for hydroxylation is 1. The Kier molecular flexibility index (Phi) is 7.42. The minimum Gasteiger partial charge on any atom is -0.497 e. The van der Waals surface area contributed by atoms with E-state index in [2.05, 4.69) is 4.98 Å². The second-order valence-electron chi connectivity index (χ2n) is 6.90. The number of amides is 1. The van der Waals surface area contributed by atoms with Crippen LogP contribution >= 0.6 is 11.3 Å². The quantitative estimate of drug-likeness (QED) is 0.473. The van der Waals surface area contributed by atoms with Gasteiger partial charge in [-0.25, -0.2) is 9.37 Å². The van der Waals surface area contributed by atoms with Crippen molar-refractivity contribution in [3.8, 4) is 22.1 Å². The van der Waals surface area contributed by atoms with E-state index < -0.39 is 5.97 Å². The van der Waals surface area contributed by atoms with Gasteiger partial charge in [0.05, 0.1) is 27.0 Å². The maximum Gasteiger partial charge on any atom is 0.325 e. The highest BCUT2D eigenvalue weighted by Crippen LogP contribution is 2.30. The van der Waals surface area contributed by atoms with Gasteiger partial charge in [-0.1, -0.05) is 0 Å². The first-order chi connectivity index (χ1) is 15.3. The molecule has 3 rings (SSSR count). The van der Waals surface area contributed by atoms with E-state index in [4.69, 9.17) is 14.2 Å². The van der Waals surface area contributed by atoms with E-state index in [1.54, 1.807) is 37.3 Å². The van der Waals surface area contributed by atoms with Crippen LogP contribution in [0.4, 0.5) is 4.39 Å². The summed E-state index contributed by atoms with van der Waals surface area (Å²) >= 11 is 1.19. The lowest BCUT2D eigenvalue weighted by Crippen LogP contribution is -2.35. The van der Waals surface area contributed by atoms with E-state index in [0.29, 0.717) is 32.6 Å². The molecule has 0 radical (unpaired) electrons. The Labute approximate surface area is 189 Å². The number of hydrogen-bond donors (Lipinski definition) is 0. The lowest BCUT2D eigenvalue weighted by molar-refractivity contribution is -0.141. The van der Waals surface area contributed by atoms with Crippen molar-refractivity contribution in [2.75, 3.05) is 27.9 Å². The summed E-state index contributed by atoms with van der Waals surface area (Å²) in [5, 5.41) is 0.590. The highest BCUT2D eigenvalue weighted by atomic mass is 32.1. The highest BCUT2D eigenvalue weighted by Gasteiger charge is 2.25. The summed E-state index contributed by atoms with van der Waals surface area (Å²) in [6, 6.07) is 11.2. The summed E-state index contributed by atoms with van der Waals surface area (Å²) in [6.45, 7) is 1.62. The van der Waals surface area contributed by atoms with E-state index in [1.165, 1.54) is 49.7 Å². The lowest BCUT2D eigenvalue weighted by atomic mass is 10.1. The van der Waals surface area contributed by atoms with Crippen LogP contribution < -0.4 is 9.47 Å². The molecule has 0 saturated heterocycles. The van der Waals surface area contributed by atoms with Crippen molar-refractivity contribution in [2.45, 2.75) is 13.5 Å². The summed E-state index contributed by atoms with van der Waals surface area (Å²) in [6.07, 6.45) is 0. The van der Waals surface area contributed by atoms with Crippen molar-refractivity contribution in [1.29, 1.82) is 0 Å². The predicted octanol–water partition coefficient (Wildman–Crippen LogP) is 4.09.